The maximum absolute atomic E-state index is 13.7. The van der Waals surface area contributed by atoms with Crippen molar-refractivity contribution in [3.63, 3.8) is 0 Å². The molecule has 6 heteroatoms. The fourth-order valence-corrected chi connectivity index (χ4v) is 11.1. The van der Waals surface area contributed by atoms with Crippen molar-refractivity contribution < 1.29 is 24.5 Å². The molecule has 1 aliphatic carbocycles. The van der Waals surface area contributed by atoms with Crippen LogP contribution in [0, 0.1) is 29.3 Å². The van der Waals surface area contributed by atoms with E-state index in [1.165, 1.54) is 47.3 Å². The second-order valence-corrected chi connectivity index (χ2v) is 26.9. The third-order valence-electron chi connectivity index (χ3n) is 8.97. The molecule has 0 unspecified atom stereocenters. The van der Waals surface area contributed by atoms with E-state index >= 15 is 0 Å². The van der Waals surface area contributed by atoms with E-state index in [0.717, 1.165) is 61.4 Å². The van der Waals surface area contributed by atoms with Gasteiger partial charge in [-0.2, -0.15) is 11.3 Å². The molecule has 0 saturated heterocycles. The molecule has 3 aromatic heterocycles. The fraction of sp³-hybridized carbons (Fsp3) is 0.333. The van der Waals surface area contributed by atoms with E-state index in [-0.39, 0.29) is 25.9 Å². The minimum Gasteiger partial charge on any atom is -0.305 e. The van der Waals surface area contributed by atoms with Crippen LogP contribution in [0.25, 0.3) is 42.7 Å². The first-order valence-electron chi connectivity index (χ1n) is 16.9. The van der Waals surface area contributed by atoms with Crippen LogP contribution >= 0.6 is 11.3 Å². The van der Waals surface area contributed by atoms with E-state index in [9.17, 15) is 4.39 Å². The van der Waals surface area contributed by atoms with Crippen molar-refractivity contribution in [1.82, 2.24) is 9.97 Å². The molecule has 251 valence electrons. The SMILES string of the molecule is CC(C)(C)Cc1cc(-c2[c-]cccc2)nc[c]1[Ge]([CH3])([CH3])[CH3].Fc1ccc2sc3c[c-]c(-c4cc(CC5CCCC5)ccn4)cc3c2c1.[Ir]. The molecule has 0 amide bonds. The molecule has 6 aromatic rings. The van der Waals surface area contributed by atoms with Crippen molar-refractivity contribution in [3.05, 3.63) is 114 Å². The zero-order valence-electron chi connectivity index (χ0n) is 28.9. The van der Waals surface area contributed by atoms with Crippen molar-refractivity contribution in [2.24, 2.45) is 11.3 Å². The number of pyridine rings is 2. The van der Waals surface area contributed by atoms with Crippen LogP contribution in [-0.4, -0.2) is 23.2 Å². The fourth-order valence-electron chi connectivity index (χ4n) is 6.73. The molecule has 3 aromatic carbocycles. The smallest absolute Gasteiger partial charge is 0.123 e. The molecule has 0 N–H and O–H groups in total. The van der Waals surface area contributed by atoms with E-state index in [1.54, 1.807) is 17.4 Å². The molecule has 2 nitrogen and oxygen atoms in total. The Bertz CT molecular complexity index is 1990. The van der Waals surface area contributed by atoms with Crippen molar-refractivity contribution >= 4 is 49.2 Å². The third kappa shape index (κ3) is 9.10. The number of benzene rings is 3. The van der Waals surface area contributed by atoms with Crippen molar-refractivity contribution in [2.75, 3.05) is 0 Å². The zero-order chi connectivity index (χ0) is 33.2. The summed E-state index contributed by atoms with van der Waals surface area (Å²) in [4.78, 5) is 9.29. The minimum atomic E-state index is -1.90. The predicted molar refractivity (Wildman–Crippen MR) is 202 cm³/mol. The van der Waals surface area contributed by atoms with Gasteiger partial charge in [0.25, 0.3) is 0 Å². The van der Waals surface area contributed by atoms with Gasteiger partial charge in [-0.1, -0.05) is 42.7 Å². The summed E-state index contributed by atoms with van der Waals surface area (Å²) in [7, 11) is 0. The van der Waals surface area contributed by atoms with Crippen LogP contribution in [0.5, 0.6) is 0 Å². The van der Waals surface area contributed by atoms with Gasteiger partial charge in [0.05, 0.1) is 0 Å². The summed E-state index contributed by atoms with van der Waals surface area (Å²) in [6.07, 6.45) is 11.7. The standard InChI is InChI=1S/C23H19FNS.C19H26GeN.Ir/c24-18-6-8-23-20(14-18)19-13-17(5-7-22(19)26-23)21-12-16(9-10-25-21)11-15-3-1-2-4-15;1-19(2,3)13-16-12-18(15-10-8-7-9-11-15)21-14-17(16)20(4,5)6;/h6-10,12-15H,1-4,11H2;7-10,12,14H,13H2,1-6H3;/q2*-1;. The van der Waals surface area contributed by atoms with Crippen LogP contribution in [0.4, 0.5) is 4.39 Å². The summed E-state index contributed by atoms with van der Waals surface area (Å²) in [5.41, 5.74) is 7.20. The van der Waals surface area contributed by atoms with Crippen LogP contribution in [0.2, 0.25) is 17.3 Å². The second kappa shape index (κ2) is 15.5. The Kier molecular flexibility index (Phi) is 11.8. The van der Waals surface area contributed by atoms with Gasteiger partial charge in [0.15, 0.2) is 0 Å². The number of hydrogen-bond donors (Lipinski definition) is 0. The number of hydrogen-bond acceptors (Lipinski definition) is 3. The first kappa shape index (κ1) is 36.6. The topological polar surface area (TPSA) is 25.8 Å². The summed E-state index contributed by atoms with van der Waals surface area (Å²) < 4.78 is 17.5. The van der Waals surface area contributed by atoms with Gasteiger partial charge in [-0.25, -0.2) is 4.39 Å². The van der Waals surface area contributed by atoms with Gasteiger partial charge in [-0.3, -0.25) is 0 Å². The van der Waals surface area contributed by atoms with Gasteiger partial charge in [-0.15, -0.1) is 23.8 Å². The number of aromatic nitrogens is 2. The van der Waals surface area contributed by atoms with Gasteiger partial charge < -0.3 is 4.98 Å². The Morgan fingerprint density at radius 1 is 0.854 bits per heavy atom. The molecule has 0 aliphatic heterocycles. The monoisotopic (exact) mass is 895 g/mol. The maximum atomic E-state index is 13.7. The van der Waals surface area contributed by atoms with Crippen LogP contribution < -0.4 is 4.40 Å². The number of nitrogens with zero attached hydrogens (tertiary/aromatic N) is 2. The second-order valence-electron chi connectivity index (χ2n) is 15.3. The van der Waals surface area contributed by atoms with E-state index < -0.39 is 13.3 Å². The largest absolute Gasteiger partial charge is 0.305 e. The van der Waals surface area contributed by atoms with E-state index in [4.69, 9.17) is 4.98 Å². The molecule has 0 spiro atoms. The Morgan fingerprint density at radius 2 is 1.60 bits per heavy atom. The van der Waals surface area contributed by atoms with E-state index in [0.29, 0.717) is 5.41 Å². The first-order chi connectivity index (χ1) is 22.4. The number of halogens is 1. The van der Waals surface area contributed by atoms with Crippen molar-refractivity contribution in [3.8, 4) is 22.5 Å². The summed E-state index contributed by atoms with van der Waals surface area (Å²) in [6.45, 7) is 6.92. The van der Waals surface area contributed by atoms with Crippen molar-refractivity contribution in [1.29, 1.82) is 0 Å². The molecule has 0 atom stereocenters. The van der Waals surface area contributed by atoms with Gasteiger partial charge in [-0.05, 0) is 52.4 Å². The first-order valence-corrected chi connectivity index (χ1v) is 25.0. The molecule has 1 radical (unpaired) electrons. The van der Waals surface area contributed by atoms with Crippen molar-refractivity contribution in [2.45, 2.75) is 76.6 Å². The number of rotatable bonds is 6. The Morgan fingerprint density at radius 3 is 2.31 bits per heavy atom. The Balaban J connectivity index is 0.000000189. The van der Waals surface area contributed by atoms with Gasteiger partial charge in [0.2, 0.25) is 0 Å². The van der Waals surface area contributed by atoms with Gasteiger partial charge in [0.1, 0.15) is 5.82 Å². The normalized spacial score (nSPS) is 13.7. The molecule has 7 rings (SSSR count). The molecule has 48 heavy (non-hydrogen) atoms. The molecule has 3 heterocycles. The van der Waals surface area contributed by atoms with E-state index in [2.05, 4.69) is 91.7 Å². The summed E-state index contributed by atoms with van der Waals surface area (Å²) in [5.74, 6) is 7.95. The minimum absolute atomic E-state index is 0. The molecule has 1 fully saturated rings. The molecule has 1 saturated carbocycles. The summed E-state index contributed by atoms with van der Waals surface area (Å²) in [6, 6.07) is 30.5. The third-order valence-corrected chi connectivity index (χ3v) is 14.4. The van der Waals surface area contributed by atoms with Crippen LogP contribution in [0.15, 0.2) is 85.2 Å². The van der Waals surface area contributed by atoms with Crippen LogP contribution in [0.3, 0.4) is 0 Å². The molecule has 0 bridgehead atoms. The quantitative estimate of drug-likeness (QED) is 0.123. The van der Waals surface area contributed by atoms with Gasteiger partial charge in [0, 0.05) is 31.0 Å². The Hall–Kier alpha value is -2.70. The number of fused-ring (bicyclic) bond motifs is 3. The summed E-state index contributed by atoms with van der Waals surface area (Å²) >= 11 is -0.216. The Labute approximate surface area is 306 Å². The molecular weight excluding hydrogens is 848 g/mol. The summed E-state index contributed by atoms with van der Waals surface area (Å²) in [5, 5.41) is 2.06. The van der Waals surface area contributed by atoms with Crippen LogP contribution in [-0.2, 0) is 32.9 Å². The molecule has 1 aliphatic rings. The average Bonchev–Trinajstić information content (AvgIpc) is 3.68. The maximum Gasteiger partial charge on any atom is 0.123 e. The predicted octanol–water partition coefficient (Wildman–Crippen LogP) is 11.5. The average molecular weight is 894 g/mol. The van der Waals surface area contributed by atoms with Crippen LogP contribution in [0.1, 0.15) is 57.6 Å². The van der Waals surface area contributed by atoms with E-state index in [1.807, 2.05) is 36.5 Å². The van der Waals surface area contributed by atoms with Gasteiger partial charge >= 0.3 is 132 Å². The zero-order valence-corrected chi connectivity index (χ0v) is 34.2. The number of thiophene rings is 1. The molecular formula is C42H45FGeIrN2S-2.